The van der Waals surface area contributed by atoms with Crippen molar-refractivity contribution in [2.24, 2.45) is 5.16 Å². The highest BCUT2D eigenvalue weighted by Crippen LogP contribution is 2.19. The molecule has 0 aromatic heterocycles. The zero-order chi connectivity index (χ0) is 15.7. The van der Waals surface area contributed by atoms with Crippen LogP contribution in [0.15, 0.2) is 29.4 Å². The van der Waals surface area contributed by atoms with Crippen LogP contribution >= 0.6 is 0 Å². The number of quaternary nitrogens is 1. The third kappa shape index (κ3) is 6.87. The number of ether oxygens (including phenoxy) is 1. The van der Waals surface area contributed by atoms with Crippen molar-refractivity contribution in [3.63, 3.8) is 0 Å². The molecule has 0 aliphatic carbocycles. The largest absolute Gasteiger partial charge is 0.386 e. The predicted octanol–water partition coefficient (Wildman–Crippen LogP) is 1.86. The van der Waals surface area contributed by atoms with Gasteiger partial charge in [0.05, 0.1) is 34.0 Å². The molecule has 0 fully saturated rings. The number of benzene rings is 1. The maximum Gasteiger partial charge on any atom is 0.265 e. The Morgan fingerprint density at radius 2 is 1.95 bits per heavy atom. The molecule has 0 atom stereocenters. The minimum Gasteiger partial charge on any atom is -0.386 e. The van der Waals surface area contributed by atoms with Gasteiger partial charge >= 0.3 is 0 Å². The zero-order valence-electron chi connectivity index (χ0n) is 13.1. The molecule has 6 heteroatoms. The quantitative estimate of drug-likeness (QED) is 0.344. The lowest BCUT2D eigenvalue weighted by Crippen LogP contribution is -2.34. The summed E-state index contributed by atoms with van der Waals surface area (Å²) < 4.78 is 5.77. The first kappa shape index (κ1) is 17.1. The molecular formula is C15H24N3O3+. The van der Waals surface area contributed by atoms with Crippen LogP contribution < -0.4 is 9.80 Å². The van der Waals surface area contributed by atoms with E-state index >= 15 is 0 Å². The van der Waals surface area contributed by atoms with E-state index in [0.717, 1.165) is 15.9 Å². The second kappa shape index (κ2) is 8.39. The van der Waals surface area contributed by atoms with Crippen LogP contribution in [-0.4, -0.2) is 53.1 Å². The maximum absolute atomic E-state index is 11.6. The first-order valence-electron chi connectivity index (χ1n) is 6.87. The first-order valence-corrected chi connectivity index (χ1v) is 6.87. The number of carbonyl (C=O) groups is 1. The highest BCUT2D eigenvalue weighted by molar-refractivity contribution is 5.91. The van der Waals surface area contributed by atoms with Crippen molar-refractivity contribution >= 4 is 23.5 Å². The fourth-order valence-electron chi connectivity index (χ4n) is 1.54. The molecule has 21 heavy (non-hydrogen) atoms. The van der Waals surface area contributed by atoms with Crippen molar-refractivity contribution in [2.45, 2.75) is 6.92 Å². The topological polar surface area (TPSA) is 59.9 Å². The van der Waals surface area contributed by atoms with Gasteiger partial charge in [0.1, 0.15) is 5.69 Å². The second-order valence-electron chi connectivity index (χ2n) is 5.33. The predicted molar refractivity (Wildman–Crippen MR) is 85.6 cm³/mol. The van der Waals surface area contributed by atoms with E-state index in [2.05, 4.69) is 31.6 Å². The molecule has 0 aliphatic rings. The standard InChI is InChI=1S/C15H23N3O3/c1-5-20-11-10-16-21-12-15(19)17-13-6-8-14(9-7-13)18(2,3)4/h6-10H,5,11-12H2,1-4H3/p+1/b16-10-. The molecule has 1 aromatic carbocycles. The van der Waals surface area contributed by atoms with Gasteiger partial charge in [0.25, 0.3) is 5.91 Å². The summed E-state index contributed by atoms with van der Waals surface area (Å²) in [4.78, 5) is 16.5. The summed E-state index contributed by atoms with van der Waals surface area (Å²) in [5.41, 5.74) is 1.89. The average molecular weight is 294 g/mol. The number of hydrogen-bond donors (Lipinski definition) is 1. The average Bonchev–Trinajstić information content (AvgIpc) is 2.42. The van der Waals surface area contributed by atoms with Crippen LogP contribution in [0.2, 0.25) is 0 Å². The van der Waals surface area contributed by atoms with Gasteiger partial charge in [0.2, 0.25) is 0 Å². The van der Waals surface area contributed by atoms with Gasteiger partial charge in [0, 0.05) is 24.4 Å². The number of nitrogens with one attached hydrogen (secondary N) is 1. The Bertz CT molecular complexity index is 464. The zero-order valence-corrected chi connectivity index (χ0v) is 13.1. The third-order valence-electron chi connectivity index (χ3n) is 2.67. The lowest BCUT2D eigenvalue weighted by atomic mass is 10.2. The number of rotatable bonds is 8. The molecule has 0 bridgehead atoms. The van der Waals surface area contributed by atoms with Crippen LogP contribution in [-0.2, 0) is 14.4 Å². The van der Waals surface area contributed by atoms with Crippen LogP contribution in [0, 0.1) is 0 Å². The van der Waals surface area contributed by atoms with E-state index in [4.69, 9.17) is 9.57 Å². The number of amides is 1. The lowest BCUT2D eigenvalue weighted by molar-refractivity contribution is -0.120. The summed E-state index contributed by atoms with van der Waals surface area (Å²) in [5.74, 6) is -0.249. The number of hydrogen-bond acceptors (Lipinski definition) is 4. The number of oxime groups is 1. The van der Waals surface area contributed by atoms with Gasteiger partial charge in [-0.1, -0.05) is 5.16 Å². The molecule has 1 aromatic rings. The van der Waals surface area contributed by atoms with Gasteiger partial charge in [-0.25, -0.2) is 0 Å². The van der Waals surface area contributed by atoms with Gasteiger partial charge < -0.3 is 14.9 Å². The number of anilines is 1. The van der Waals surface area contributed by atoms with Crippen molar-refractivity contribution in [1.82, 2.24) is 4.48 Å². The molecule has 1 rings (SSSR count). The summed E-state index contributed by atoms with van der Waals surface area (Å²) in [7, 11) is 6.26. The van der Waals surface area contributed by atoms with Crippen LogP contribution in [0.3, 0.4) is 0 Å². The molecule has 0 spiro atoms. The van der Waals surface area contributed by atoms with E-state index in [9.17, 15) is 4.79 Å². The van der Waals surface area contributed by atoms with Gasteiger partial charge in [-0.15, -0.1) is 0 Å². The minimum atomic E-state index is -0.249. The van der Waals surface area contributed by atoms with Gasteiger partial charge in [0.15, 0.2) is 6.61 Å². The summed E-state index contributed by atoms with van der Waals surface area (Å²) in [6, 6.07) is 7.71. The molecule has 0 saturated heterocycles. The molecule has 1 amide bonds. The van der Waals surface area contributed by atoms with E-state index in [1.54, 1.807) is 0 Å². The molecule has 6 nitrogen and oxygen atoms in total. The normalized spacial score (nSPS) is 11.6. The molecule has 1 N–H and O–H groups in total. The van der Waals surface area contributed by atoms with E-state index in [-0.39, 0.29) is 12.5 Å². The Kier molecular flexibility index (Phi) is 6.84. The summed E-state index contributed by atoms with van der Waals surface area (Å²) >= 11 is 0. The highest BCUT2D eigenvalue weighted by atomic mass is 16.6. The molecule has 0 heterocycles. The molecular weight excluding hydrogens is 270 g/mol. The van der Waals surface area contributed by atoms with Crippen LogP contribution in [0.5, 0.6) is 0 Å². The fraction of sp³-hybridized carbons (Fsp3) is 0.467. The first-order chi connectivity index (χ1) is 9.93. The van der Waals surface area contributed by atoms with Crippen molar-refractivity contribution < 1.29 is 14.4 Å². The van der Waals surface area contributed by atoms with E-state index < -0.39 is 0 Å². The Morgan fingerprint density at radius 3 is 2.52 bits per heavy atom. The monoisotopic (exact) mass is 294 g/mol. The Hall–Kier alpha value is -1.92. The van der Waals surface area contributed by atoms with E-state index in [1.807, 2.05) is 31.2 Å². The third-order valence-corrected chi connectivity index (χ3v) is 2.67. The molecule has 0 aliphatic heterocycles. The molecule has 0 unspecified atom stereocenters. The molecule has 0 radical (unpaired) electrons. The van der Waals surface area contributed by atoms with E-state index in [0.29, 0.717) is 13.2 Å². The summed E-state index contributed by atoms with van der Waals surface area (Å²) in [6.07, 6.45) is 1.48. The summed E-state index contributed by atoms with van der Waals surface area (Å²) in [6.45, 7) is 2.77. The van der Waals surface area contributed by atoms with Gasteiger partial charge in [-0.05, 0) is 19.1 Å². The lowest BCUT2D eigenvalue weighted by Gasteiger charge is -2.23. The molecule has 0 saturated carbocycles. The smallest absolute Gasteiger partial charge is 0.265 e. The van der Waals surface area contributed by atoms with Crippen LogP contribution in [0.4, 0.5) is 11.4 Å². The SMILES string of the molecule is CCOC/C=N\OCC(=O)Nc1ccc([N+](C)(C)C)cc1. The Labute approximate surface area is 125 Å². The van der Waals surface area contributed by atoms with Crippen molar-refractivity contribution in [1.29, 1.82) is 0 Å². The maximum atomic E-state index is 11.6. The van der Waals surface area contributed by atoms with Crippen LogP contribution in [0.1, 0.15) is 6.92 Å². The molecule has 116 valence electrons. The van der Waals surface area contributed by atoms with Crippen molar-refractivity contribution in [3.8, 4) is 0 Å². The Morgan fingerprint density at radius 1 is 1.29 bits per heavy atom. The van der Waals surface area contributed by atoms with Gasteiger partial charge in [-0.3, -0.25) is 9.28 Å². The van der Waals surface area contributed by atoms with Crippen molar-refractivity contribution in [3.05, 3.63) is 24.3 Å². The Balaban J connectivity index is 2.36. The fourth-order valence-corrected chi connectivity index (χ4v) is 1.54. The van der Waals surface area contributed by atoms with Crippen molar-refractivity contribution in [2.75, 3.05) is 46.3 Å². The number of nitrogens with zero attached hydrogens (tertiary/aromatic N) is 2. The van der Waals surface area contributed by atoms with E-state index in [1.165, 1.54) is 6.21 Å². The van der Waals surface area contributed by atoms with Crippen LogP contribution in [0.25, 0.3) is 0 Å². The highest BCUT2D eigenvalue weighted by Gasteiger charge is 2.11. The van der Waals surface area contributed by atoms with Gasteiger partial charge in [-0.2, -0.15) is 0 Å². The second-order valence-corrected chi connectivity index (χ2v) is 5.33. The summed E-state index contributed by atoms with van der Waals surface area (Å²) in [5, 5.41) is 6.37. The number of carbonyl (C=O) groups excluding carboxylic acids is 1. The minimum absolute atomic E-state index is 0.125.